The van der Waals surface area contributed by atoms with E-state index in [1.165, 1.54) is 17.6 Å². The van der Waals surface area contributed by atoms with Crippen LogP contribution in [0.1, 0.15) is 43.3 Å². The van der Waals surface area contributed by atoms with Crippen LogP contribution in [0.5, 0.6) is 0 Å². The van der Waals surface area contributed by atoms with Gasteiger partial charge in [-0.15, -0.1) is 11.3 Å². The van der Waals surface area contributed by atoms with E-state index in [1.807, 2.05) is 27.7 Å². The summed E-state index contributed by atoms with van der Waals surface area (Å²) in [7, 11) is -0.495. The molecule has 1 aliphatic rings. The van der Waals surface area contributed by atoms with E-state index in [4.69, 9.17) is 13.7 Å². The van der Waals surface area contributed by atoms with Crippen molar-refractivity contribution in [2.24, 2.45) is 0 Å². The number of ketones is 1. The summed E-state index contributed by atoms with van der Waals surface area (Å²) >= 11 is 1.27. The Balaban J connectivity index is 1.82. The molecule has 5 nitrogen and oxygen atoms in total. The summed E-state index contributed by atoms with van der Waals surface area (Å²) in [5.74, 6) is 0.0533. The Labute approximate surface area is 127 Å². The molecule has 2 aromatic heterocycles. The molecule has 1 aliphatic heterocycles. The Morgan fingerprint density at radius 2 is 1.90 bits per heavy atom. The second kappa shape index (κ2) is 4.79. The van der Waals surface area contributed by atoms with E-state index in [0.29, 0.717) is 5.01 Å². The maximum atomic E-state index is 12.2. The molecule has 21 heavy (non-hydrogen) atoms. The number of thiazole rings is 1. The number of carbonyl (C=O) groups excluding carboxylic acids is 1. The smallest absolute Gasteiger partial charge is 0.461 e. The van der Waals surface area contributed by atoms with Gasteiger partial charge in [0.15, 0.2) is 10.8 Å². The van der Waals surface area contributed by atoms with Gasteiger partial charge in [-0.3, -0.25) is 4.79 Å². The third-order valence-electron chi connectivity index (χ3n) is 3.95. The lowest BCUT2D eigenvalue weighted by atomic mass is 9.89. The maximum Gasteiger partial charge on any atom is 0.507 e. The first-order chi connectivity index (χ1) is 9.80. The lowest BCUT2D eigenvalue weighted by Gasteiger charge is -2.32. The fraction of sp³-hybridized carbons (Fsp3) is 0.429. The first kappa shape index (κ1) is 14.5. The minimum Gasteiger partial charge on any atom is -0.461 e. The van der Waals surface area contributed by atoms with Crippen molar-refractivity contribution in [1.29, 1.82) is 0 Å². The van der Waals surface area contributed by atoms with Gasteiger partial charge in [-0.05, 0) is 39.8 Å². The highest BCUT2D eigenvalue weighted by Crippen LogP contribution is 2.36. The highest BCUT2D eigenvalue weighted by Gasteiger charge is 2.52. The number of aromatic nitrogens is 1. The topological polar surface area (TPSA) is 61.6 Å². The maximum absolute atomic E-state index is 12.2. The fourth-order valence-corrected chi connectivity index (χ4v) is 2.79. The van der Waals surface area contributed by atoms with Crippen molar-refractivity contribution >= 4 is 29.0 Å². The van der Waals surface area contributed by atoms with Crippen molar-refractivity contribution in [3.05, 3.63) is 35.4 Å². The number of nitrogens with zero attached hydrogens (tertiary/aromatic N) is 1. The average Bonchev–Trinajstić information content (AvgIpc) is 3.10. The molecular weight excluding hydrogens is 289 g/mol. The predicted molar refractivity (Wildman–Crippen MR) is 80.0 cm³/mol. The van der Waals surface area contributed by atoms with Gasteiger partial charge >= 0.3 is 7.12 Å². The third kappa shape index (κ3) is 2.45. The summed E-state index contributed by atoms with van der Waals surface area (Å²) in [6, 6.07) is 3.30. The number of hydrogen-bond acceptors (Lipinski definition) is 6. The number of hydrogen-bond donors (Lipinski definition) is 0. The van der Waals surface area contributed by atoms with E-state index >= 15 is 0 Å². The van der Waals surface area contributed by atoms with Crippen LogP contribution in [0, 0.1) is 0 Å². The van der Waals surface area contributed by atoms with Crippen molar-refractivity contribution in [2.75, 3.05) is 0 Å². The molecular formula is C14H16BNO4S. The minimum absolute atomic E-state index is 0.229. The highest BCUT2D eigenvalue weighted by molar-refractivity contribution is 7.23. The minimum atomic E-state index is -0.495. The Hall–Kier alpha value is -1.44. The average molecular weight is 305 g/mol. The largest absolute Gasteiger partial charge is 0.507 e. The van der Waals surface area contributed by atoms with E-state index < -0.39 is 18.3 Å². The summed E-state index contributed by atoms with van der Waals surface area (Å²) in [5, 5.41) is 0.370. The number of carbonyl (C=O) groups is 1. The lowest BCUT2D eigenvalue weighted by Crippen LogP contribution is -2.41. The molecule has 0 amide bonds. The van der Waals surface area contributed by atoms with E-state index in [2.05, 4.69) is 4.98 Å². The lowest BCUT2D eigenvalue weighted by molar-refractivity contribution is 0.00578. The molecule has 0 aliphatic carbocycles. The Kier molecular flexibility index (Phi) is 3.31. The van der Waals surface area contributed by atoms with Crippen LogP contribution in [-0.4, -0.2) is 29.1 Å². The van der Waals surface area contributed by atoms with Crippen LogP contribution in [-0.2, 0) is 9.31 Å². The SMILES string of the molecule is CC1(C)OB(c2cnc(C(=O)c3ccco3)s2)OC1(C)C. The van der Waals surface area contributed by atoms with E-state index in [9.17, 15) is 4.79 Å². The first-order valence-electron chi connectivity index (χ1n) is 6.70. The van der Waals surface area contributed by atoms with Gasteiger partial charge in [0.2, 0.25) is 0 Å². The van der Waals surface area contributed by atoms with Crippen LogP contribution >= 0.6 is 11.3 Å². The zero-order valence-electron chi connectivity index (χ0n) is 12.4. The van der Waals surface area contributed by atoms with Gasteiger partial charge in [-0.25, -0.2) is 4.98 Å². The molecule has 0 saturated carbocycles. The van der Waals surface area contributed by atoms with Crippen molar-refractivity contribution in [3.8, 4) is 0 Å². The van der Waals surface area contributed by atoms with E-state index in [1.54, 1.807) is 18.3 Å². The number of furan rings is 1. The molecule has 0 unspecified atom stereocenters. The van der Waals surface area contributed by atoms with Crippen LogP contribution in [0.2, 0.25) is 0 Å². The summed E-state index contributed by atoms with van der Waals surface area (Å²) in [5.41, 5.74) is -0.820. The molecule has 0 atom stereocenters. The zero-order valence-corrected chi connectivity index (χ0v) is 13.2. The molecule has 0 aromatic carbocycles. The fourth-order valence-electron chi connectivity index (χ4n) is 1.97. The summed E-state index contributed by atoms with van der Waals surface area (Å²) < 4.78 is 17.8. The molecule has 110 valence electrons. The van der Waals surface area contributed by atoms with Crippen molar-refractivity contribution in [2.45, 2.75) is 38.9 Å². The van der Waals surface area contributed by atoms with Gasteiger partial charge < -0.3 is 13.7 Å². The van der Waals surface area contributed by atoms with E-state index in [0.717, 1.165) is 4.78 Å². The molecule has 0 bridgehead atoms. The van der Waals surface area contributed by atoms with Gasteiger partial charge in [0, 0.05) is 6.20 Å². The van der Waals surface area contributed by atoms with Crippen LogP contribution < -0.4 is 4.78 Å². The van der Waals surface area contributed by atoms with Gasteiger partial charge in [-0.2, -0.15) is 0 Å². The molecule has 1 fully saturated rings. The standard InChI is InChI=1S/C14H16BNO4S/c1-13(2)14(3,4)20-15(19-13)10-8-16-12(21-10)11(17)9-6-5-7-18-9/h5-8H,1-4H3. The molecule has 3 heterocycles. The van der Waals surface area contributed by atoms with Gasteiger partial charge in [0.05, 0.1) is 22.2 Å². The molecule has 1 saturated heterocycles. The van der Waals surface area contributed by atoms with Crippen LogP contribution in [0.15, 0.2) is 29.0 Å². The Morgan fingerprint density at radius 1 is 1.24 bits per heavy atom. The quantitative estimate of drug-likeness (QED) is 0.643. The summed E-state index contributed by atoms with van der Waals surface area (Å²) in [4.78, 5) is 16.3. The Morgan fingerprint density at radius 3 is 2.48 bits per heavy atom. The van der Waals surface area contributed by atoms with Crippen molar-refractivity contribution < 1.29 is 18.5 Å². The van der Waals surface area contributed by atoms with Crippen LogP contribution in [0.3, 0.4) is 0 Å². The molecule has 0 N–H and O–H groups in total. The summed E-state index contributed by atoms with van der Waals surface area (Å²) in [6.45, 7) is 7.96. The highest BCUT2D eigenvalue weighted by atomic mass is 32.1. The second-order valence-electron chi connectivity index (χ2n) is 5.96. The molecule has 7 heteroatoms. The van der Waals surface area contributed by atoms with Crippen molar-refractivity contribution in [1.82, 2.24) is 4.98 Å². The van der Waals surface area contributed by atoms with Gasteiger partial charge in [-0.1, -0.05) is 0 Å². The molecule has 0 radical (unpaired) electrons. The van der Waals surface area contributed by atoms with Gasteiger partial charge in [0.1, 0.15) is 0 Å². The second-order valence-corrected chi connectivity index (χ2v) is 7.02. The number of rotatable bonds is 3. The van der Waals surface area contributed by atoms with E-state index in [-0.39, 0.29) is 11.5 Å². The molecule has 0 spiro atoms. The monoisotopic (exact) mass is 305 g/mol. The summed E-state index contributed by atoms with van der Waals surface area (Å²) in [6.07, 6.45) is 3.10. The van der Waals surface area contributed by atoms with Gasteiger partial charge in [0.25, 0.3) is 5.78 Å². The molecule has 3 rings (SSSR count). The Bertz CT molecular complexity index is 646. The molecule has 2 aromatic rings. The third-order valence-corrected chi connectivity index (χ3v) is 4.97. The van der Waals surface area contributed by atoms with Crippen LogP contribution in [0.25, 0.3) is 0 Å². The van der Waals surface area contributed by atoms with Crippen molar-refractivity contribution in [3.63, 3.8) is 0 Å². The van der Waals surface area contributed by atoms with Crippen LogP contribution in [0.4, 0.5) is 0 Å². The normalized spacial score (nSPS) is 19.9. The first-order valence-corrected chi connectivity index (χ1v) is 7.51. The zero-order chi connectivity index (χ0) is 15.3. The predicted octanol–water partition coefficient (Wildman–Crippen LogP) is 2.27.